The number of unbranched alkanes of at least 4 members (excludes halogenated alkanes) is 3. The highest BCUT2D eigenvalue weighted by atomic mass is 16.6. The number of aryl methyl sites for hydroxylation is 6. The van der Waals surface area contributed by atoms with Crippen LogP contribution in [0.3, 0.4) is 0 Å². The van der Waals surface area contributed by atoms with E-state index in [0.717, 1.165) is 38.5 Å². The fourth-order valence-corrected chi connectivity index (χ4v) is 16.6. The lowest BCUT2D eigenvalue weighted by Gasteiger charge is -2.25. The van der Waals surface area contributed by atoms with Crippen LogP contribution >= 0.6 is 0 Å². The minimum atomic E-state index is -0.667. The van der Waals surface area contributed by atoms with Crippen LogP contribution in [-0.2, 0) is 75.5 Å². The number of nitrogens with one attached hydrogen (secondary N) is 3. The van der Waals surface area contributed by atoms with E-state index in [9.17, 15) is 57.5 Å². The van der Waals surface area contributed by atoms with Gasteiger partial charge in [0.1, 0.15) is 37.4 Å². The predicted octanol–water partition coefficient (Wildman–Crippen LogP) is 13.1. The Hall–Kier alpha value is -12.5. The van der Waals surface area contributed by atoms with E-state index in [1.807, 2.05) is 90.0 Å². The molecule has 12 rings (SSSR count). The molecule has 0 aliphatic carbocycles. The molecule has 6 aliphatic rings. The number of aromatic amines is 3. The molecule has 0 bridgehead atoms. The number of azide groups is 6. The Kier molecular flexibility index (Phi) is 48.7. The molecule has 6 fully saturated rings. The zero-order chi connectivity index (χ0) is 112. The smallest absolute Gasteiger partial charge is 0.333 e. The quantitative estimate of drug-likeness (QED) is 0.0140. The Labute approximate surface area is 865 Å². The molecule has 0 saturated carbocycles. The SMILES string of the molecule is CCCCOC[C@H]1O[C@@H](n2cc(C)c(=O)[nH]c2=O)CC1N=[N+]=[N-].CCCCOC[C@H]1O[C@@H](n2cc(C)c(=O)n(CCCC)c2=O)CC1N=[N+]=[N-].Cc1cn([C@H]2CC(N=[N+]=[N-])[C@@H](COC(C)(C)C)O2)c(=O)[nH]c1=O.Cc1cn([C@H]2CC(N=[N+]=[N-])[C@@H](COC(C)(C)C)O2)c(=O)n(C(C)(C)C)c1=O.Cc1cn([C@H]2CC(N=[N+]=[N-])[C@@H](COCC(C)C)O2)c(=O)[nH]c1=O.Cc1cn([C@H]2CC(N=[N+]=[N-])[C@@H](COCC(C)C)O2)c(=O)n(CC(C)C)c1=O. The number of nitrogens with zero attached hydrogens (tertiary/aromatic N) is 27. The van der Waals surface area contributed by atoms with Gasteiger partial charge in [0, 0.05) is 184 Å². The van der Waals surface area contributed by atoms with E-state index < -0.39 is 167 Å². The molecule has 6 saturated heterocycles. The molecule has 0 radical (unpaired) electrons. The van der Waals surface area contributed by atoms with Crippen molar-refractivity contribution in [2.75, 3.05) is 66.1 Å². The predicted molar refractivity (Wildman–Crippen MR) is 555 cm³/mol. The Bertz CT molecular complexity index is 6570. The van der Waals surface area contributed by atoms with E-state index in [4.69, 9.17) is 90.0 Å². The van der Waals surface area contributed by atoms with Crippen LogP contribution in [0.1, 0.15) is 272 Å². The second kappa shape index (κ2) is 58.7. The fourth-order valence-electron chi connectivity index (χ4n) is 16.6. The van der Waals surface area contributed by atoms with Crippen molar-refractivity contribution in [2.45, 2.75) is 383 Å². The Balaban J connectivity index is 0.000000244. The van der Waals surface area contributed by atoms with Crippen LogP contribution in [0.15, 0.2) is 125 Å². The van der Waals surface area contributed by atoms with Crippen LogP contribution in [0.5, 0.6) is 0 Å². The average molecular weight is 2110 g/mol. The minimum absolute atomic E-state index is 0.156. The van der Waals surface area contributed by atoms with Crippen LogP contribution in [0.2, 0.25) is 0 Å². The monoisotopic (exact) mass is 2110 g/mol. The summed E-state index contributed by atoms with van der Waals surface area (Å²) in [6.45, 7) is 49.8. The van der Waals surface area contributed by atoms with Crippen LogP contribution in [0, 0.1) is 59.3 Å². The molecule has 54 heteroatoms. The number of rotatable bonds is 39. The first kappa shape index (κ1) is 124. The molecule has 0 amide bonds. The summed E-state index contributed by atoms with van der Waals surface area (Å²) in [6, 6.07) is -2.56. The molecule has 0 spiro atoms. The van der Waals surface area contributed by atoms with Crippen molar-refractivity contribution in [1.82, 2.24) is 56.1 Å². The van der Waals surface area contributed by atoms with Gasteiger partial charge in [-0.2, -0.15) is 0 Å². The normalized spacial score (nSPS) is 23.2. The van der Waals surface area contributed by atoms with Crippen molar-refractivity contribution in [1.29, 1.82) is 0 Å². The molecule has 6 aromatic rings. The van der Waals surface area contributed by atoms with Gasteiger partial charge in [0.25, 0.3) is 33.4 Å². The van der Waals surface area contributed by atoms with Gasteiger partial charge in [-0.25, -0.2) is 28.8 Å². The van der Waals surface area contributed by atoms with Gasteiger partial charge in [-0.1, -0.05) is 112 Å². The van der Waals surface area contributed by atoms with E-state index in [1.54, 1.807) is 62.3 Å². The van der Waals surface area contributed by atoms with E-state index in [-0.39, 0.29) is 60.2 Å². The number of H-pyrrole nitrogens is 3. The van der Waals surface area contributed by atoms with Crippen molar-refractivity contribution >= 4 is 0 Å². The van der Waals surface area contributed by atoms with Crippen molar-refractivity contribution in [3.8, 4) is 0 Å². The number of hydrogen-bond donors (Lipinski definition) is 3. The maximum atomic E-state index is 13.0. The summed E-state index contributed by atoms with van der Waals surface area (Å²) in [5, 5.41) is 22.7. The van der Waals surface area contributed by atoms with Gasteiger partial charge in [0.15, 0.2) is 0 Å². The molecule has 6 aliphatic heterocycles. The van der Waals surface area contributed by atoms with Gasteiger partial charge < -0.3 is 56.8 Å². The standard InChI is InChI=1S/3C18H29N5O4.3C14H21N5O4/c1-11-9-22(16(25)23(15(11)24)17(2,3)4)14-8-12(20-21-19)13(27-14)10-26-18(5,6)7;1-11(2)7-23-17(24)13(5)8-22(18(23)25)16-6-14(20-21-19)15(27-16)10-26-9-12(3)4;1-4-6-8-22-17(24)13(3)11-23(18(22)25)16-10-14(20-21-19)15(27-16)12-26-9-7-5-2;1-8-6-19(13(21)16-12(8)20)11-5-9(17-18-15)10(23-11)7-22-14(2,3)4;1-8(2)6-22-7-11-10(17-18-15)4-12(23-11)19-5-9(3)13(20)16-14(19)21;1-3-4-5-22-8-11-10(17-18-15)6-12(23-11)19-7-9(2)13(20)16-14(19)21/h9,12-14H,8,10H2,1-7H3;8,11-12,14-16H,6-7,9-10H2,1-5H3;11,14-16H,4-10,12H2,1-3H3;6,9-11H,5,7H2,1-4H3,(H,16,20,21);5,8,10-12H,4,6-7H2,1-3H3,(H,16,20,21);7,10-12H,3-6,8H2,1-2H3,(H,16,20,21)/t12?,13-,14-;2*14?,15-,16-;9?,10-,11-;2*10?,11-,12-/m111111/s1. The first-order valence-electron chi connectivity index (χ1n) is 50.6. The van der Waals surface area contributed by atoms with Crippen molar-refractivity contribution < 1.29 is 56.8 Å². The molecule has 0 aromatic carbocycles. The Morgan fingerprint density at radius 2 is 0.593 bits per heavy atom. The highest BCUT2D eigenvalue weighted by molar-refractivity contribution is 5.11. The summed E-state index contributed by atoms with van der Waals surface area (Å²) in [5.41, 5.74) is 48.8. The largest absolute Gasteiger partial charge is 0.379 e. The second-order valence-corrected chi connectivity index (χ2v) is 41.8. The molecule has 54 nitrogen and oxygen atoms in total. The van der Waals surface area contributed by atoms with Gasteiger partial charge >= 0.3 is 34.1 Å². The Morgan fingerprint density at radius 1 is 0.340 bits per heavy atom. The third kappa shape index (κ3) is 36.4. The fraction of sp³-hybridized carbons (Fsp3) is 0.750. The van der Waals surface area contributed by atoms with Gasteiger partial charge in [-0.05, 0) is 174 Å². The third-order valence-corrected chi connectivity index (χ3v) is 24.4. The second-order valence-electron chi connectivity index (χ2n) is 41.8. The molecule has 150 heavy (non-hydrogen) atoms. The van der Waals surface area contributed by atoms with Gasteiger partial charge in [-0.3, -0.25) is 84.8 Å². The maximum absolute atomic E-state index is 13.0. The van der Waals surface area contributed by atoms with Crippen LogP contribution in [0.4, 0.5) is 0 Å². The summed E-state index contributed by atoms with van der Waals surface area (Å²) in [7, 11) is 0. The lowest BCUT2D eigenvalue weighted by Crippen LogP contribution is -2.49. The molecule has 6 aromatic heterocycles. The molecular formula is C96H150N30O24. The summed E-state index contributed by atoms with van der Waals surface area (Å²) in [4.78, 5) is 170. The van der Waals surface area contributed by atoms with E-state index in [1.165, 1.54) is 78.3 Å². The molecule has 12 heterocycles. The first-order chi connectivity index (χ1) is 70.8. The minimum Gasteiger partial charge on any atom is -0.379 e. The van der Waals surface area contributed by atoms with E-state index >= 15 is 0 Å². The van der Waals surface area contributed by atoms with E-state index in [0.29, 0.717) is 136 Å². The van der Waals surface area contributed by atoms with E-state index in [2.05, 4.69) is 89.0 Å². The van der Waals surface area contributed by atoms with Crippen molar-refractivity contribution in [3.63, 3.8) is 0 Å². The Morgan fingerprint density at radius 3 is 0.860 bits per heavy atom. The summed E-state index contributed by atoms with van der Waals surface area (Å²) in [6.07, 6.45) is 10.4. The molecule has 18 atom stereocenters. The summed E-state index contributed by atoms with van der Waals surface area (Å²) < 4.78 is 81.3. The lowest BCUT2D eigenvalue weighted by atomic mass is 10.1. The van der Waals surface area contributed by atoms with Crippen LogP contribution < -0.4 is 67.5 Å². The van der Waals surface area contributed by atoms with Gasteiger partial charge in [0.05, 0.1) is 124 Å². The molecule has 828 valence electrons. The summed E-state index contributed by atoms with van der Waals surface area (Å²) in [5.74, 6) is 0.919. The number of aromatic nitrogens is 12. The maximum Gasteiger partial charge on any atom is 0.333 e. The molecule has 6 unspecified atom stereocenters. The summed E-state index contributed by atoms with van der Waals surface area (Å²) >= 11 is 0. The molecular weight excluding hydrogens is 1960 g/mol. The lowest BCUT2D eigenvalue weighted by molar-refractivity contribution is -0.0859. The first-order valence-corrected chi connectivity index (χ1v) is 50.6. The highest BCUT2D eigenvalue weighted by Crippen LogP contribution is 2.37. The van der Waals surface area contributed by atoms with Crippen LogP contribution in [0.25, 0.3) is 62.7 Å². The zero-order valence-corrected chi connectivity index (χ0v) is 90.4. The third-order valence-electron chi connectivity index (χ3n) is 24.4. The van der Waals surface area contributed by atoms with Crippen molar-refractivity contribution in [3.05, 3.63) is 258 Å². The van der Waals surface area contributed by atoms with Crippen LogP contribution in [-0.4, -0.2) is 206 Å². The van der Waals surface area contributed by atoms with Gasteiger partial charge in [0.2, 0.25) is 0 Å². The topological polar surface area (TPSA) is 700 Å². The van der Waals surface area contributed by atoms with Gasteiger partial charge in [-0.15, -0.1) is 0 Å². The van der Waals surface area contributed by atoms with Crippen molar-refractivity contribution in [2.24, 2.45) is 48.4 Å². The zero-order valence-electron chi connectivity index (χ0n) is 90.4. The molecule has 3 N–H and O–H groups in total. The number of ether oxygens (including phenoxy) is 12. The number of hydrogen-bond acceptors (Lipinski definition) is 30. The average Bonchev–Trinajstić information content (AvgIpc) is 1.48. The highest BCUT2D eigenvalue weighted by Gasteiger charge is 2.44.